The molecule has 0 amide bonds. The van der Waals surface area contributed by atoms with E-state index in [-0.39, 0.29) is 17.0 Å². The minimum atomic E-state index is -1.66. The second-order valence-electron chi connectivity index (χ2n) is 9.13. The van der Waals surface area contributed by atoms with E-state index in [1.807, 2.05) is 18.5 Å². The van der Waals surface area contributed by atoms with Crippen molar-refractivity contribution in [3.63, 3.8) is 0 Å². The molecule has 182 valence electrons. The number of halogens is 1. The van der Waals surface area contributed by atoms with Gasteiger partial charge in [0.25, 0.3) is 0 Å². The molecule has 0 fully saturated rings. The van der Waals surface area contributed by atoms with E-state index in [2.05, 4.69) is 102 Å². The predicted octanol–water partition coefficient (Wildman–Crippen LogP) is 4.35. The third kappa shape index (κ3) is 7.60. The fourth-order valence-corrected chi connectivity index (χ4v) is 9.40. The van der Waals surface area contributed by atoms with E-state index >= 15 is 0 Å². The van der Waals surface area contributed by atoms with Crippen molar-refractivity contribution >= 4 is 23.2 Å². The van der Waals surface area contributed by atoms with Crippen LogP contribution in [0.5, 0.6) is 0 Å². The van der Waals surface area contributed by atoms with E-state index in [0.717, 1.165) is 6.42 Å². The summed E-state index contributed by atoms with van der Waals surface area (Å²) in [5.41, 5.74) is 1.37. The monoisotopic (exact) mass is 545 g/mol. The number of nitrogens with zero attached hydrogens (tertiary/aromatic N) is 1. The minimum absolute atomic E-state index is 0. The highest BCUT2D eigenvalue weighted by Crippen LogP contribution is 2.55. The molecule has 4 rings (SSSR count). The molecule has 0 aliphatic carbocycles. The summed E-state index contributed by atoms with van der Waals surface area (Å²) in [6.45, 7) is 0. The molecule has 0 N–H and O–H groups in total. The second kappa shape index (κ2) is 15.0. The van der Waals surface area contributed by atoms with Gasteiger partial charge in [0.15, 0.2) is 0 Å². The Morgan fingerprint density at radius 2 is 0.943 bits per heavy atom. The van der Waals surface area contributed by atoms with Crippen molar-refractivity contribution in [2.24, 2.45) is 0 Å². The topological polar surface area (TPSA) is 12.9 Å². The van der Waals surface area contributed by atoms with Crippen molar-refractivity contribution in [2.75, 3.05) is 6.16 Å². The Balaban J connectivity index is 0.00000342. The lowest BCUT2D eigenvalue weighted by Gasteiger charge is -2.27. The minimum Gasteiger partial charge on any atom is -1.00 e. The summed E-state index contributed by atoms with van der Waals surface area (Å²) in [5.74, 6) is 0. The van der Waals surface area contributed by atoms with Gasteiger partial charge in [0, 0.05) is 12.4 Å². The number of benzene rings is 3. The van der Waals surface area contributed by atoms with E-state index in [1.165, 1.54) is 72.6 Å². The normalized spacial score (nSPS) is 11.1. The SMILES string of the molecule is [Br-].c1ccc([P+](CCCCCCCCCc2cccnc2)(c2ccccc2)c2ccccc2)cc1. The molecular weight excluding hydrogens is 509 g/mol. The molecule has 0 aliphatic heterocycles. The third-order valence-corrected chi connectivity index (χ3v) is 11.3. The largest absolute Gasteiger partial charge is 1.00 e. The Morgan fingerprint density at radius 3 is 1.40 bits per heavy atom. The first-order valence-electron chi connectivity index (χ1n) is 12.8. The number of hydrogen-bond acceptors (Lipinski definition) is 1. The van der Waals surface area contributed by atoms with Crippen molar-refractivity contribution in [1.29, 1.82) is 0 Å². The maximum atomic E-state index is 4.22. The summed E-state index contributed by atoms with van der Waals surface area (Å²) in [6, 6.07) is 38.1. The van der Waals surface area contributed by atoms with Crippen LogP contribution in [0.4, 0.5) is 0 Å². The zero-order valence-corrected chi connectivity index (χ0v) is 23.1. The molecule has 0 spiro atoms. The molecule has 1 aromatic heterocycles. The smallest absolute Gasteiger partial charge is 0.112 e. The van der Waals surface area contributed by atoms with Gasteiger partial charge in [0.05, 0.1) is 6.16 Å². The van der Waals surface area contributed by atoms with Crippen LogP contribution in [-0.2, 0) is 6.42 Å². The first-order chi connectivity index (χ1) is 16.9. The van der Waals surface area contributed by atoms with E-state index < -0.39 is 7.26 Å². The summed E-state index contributed by atoms with van der Waals surface area (Å²) < 4.78 is 0. The van der Waals surface area contributed by atoms with Crippen molar-refractivity contribution in [3.8, 4) is 0 Å². The molecular formula is C32H37BrNP. The van der Waals surface area contributed by atoms with Gasteiger partial charge in [-0.25, -0.2) is 0 Å². The zero-order chi connectivity index (χ0) is 23.3. The first-order valence-corrected chi connectivity index (χ1v) is 14.8. The predicted molar refractivity (Wildman–Crippen MR) is 150 cm³/mol. The molecule has 0 bridgehead atoms. The van der Waals surface area contributed by atoms with Gasteiger partial charge in [-0.15, -0.1) is 0 Å². The molecule has 0 saturated carbocycles. The summed E-state index contributed by atoms with van der Waals surface area (Å²) in [5, 5.41) is 4.51. The molecule has 1 nitrogen and oxygen atoms in total. The Labute approximate surface area is 223 Å². The van der Waals surface area contributed by atoms with Crippen LogP contribution < -0.4 is 32.9 Å². The van der Waals surface area contributed by atoms with E-state index in [0.29, 0.717) is 0 Å². The van der Waals surface area contributed by atoms with Gasteiger partial charge < -0.3 is 17.0 Å². The van der Waals surface area contributed by atoms with Crippen LogP contribution >= 0.6 is 7.26 Å². The van der Waals surface area contributed by atoms with Gasteiger partial charge >= 0.3 is 0 Å². The molecule has 0 atom stereocenters. The van der Waals surface area contributed by atoms with Crippen LogP contribution in [0.25, 0.3) is 0 Å². The van der Waals surface area contributed by atoms with Crippen LogP contribution in [0.1, 0.15) is 50.5 Å². The number of unbranched alkanes of at least 4 members (excludes halogenated alkanes) is 6. The molecule has 0 unspecified atom stereocenters. The fourth-order valence-electron chi connectivity index (χ4n) is 4.99. The maximum absolute atomic E-state index is 4.22. The standard InChI is InChI=1S/C32H37NP.BrH/c1(2-4-9-18-29-19-17-26-33-28-29)3-5-16-27-34(30-20-10-6-11-21-30,31-22-12-7-13-23-31)32-24-14-8-15-25-32;/h6-8,10-15,17,19-26,28H,1-5,9,16,18,27H2;1H/q+1;/p-1. The van der Waals surface area contributed by atoms with Gasteiger partial charge in [-0.3, -0.25) is 4.98 Å². The van der Waals surface area contributed by atoms with Crippen LogP contribution in [-0.4, -0.2) is 11.1 Å². The molecule has 1 heterocycles. The van der Waals surface area contributed by atoms with Crippen molar-refractivity contribution in [3.05, 3.63) is 121 Å². The fraction of sp³-hybridized carbons (Fsp3) is 0.281. The molecule has 35 heavy (non-hydrogen) atoms. The average Bonchev–Trinajstić information content (AvgIpc) is 2.92. The lowest BCUT2D eigenvalue weighted by Crippen LogP contribution is -3.00. The van der Waals surface area contributed by atoms with E-state index in [9.17, 15) is 0 Å². The van der Waals surface area contributed by atoms with Gasteiger partial charge in [-0.2, -0.15) is 0 Å². The lowest BCUT2D eigenvalue weighted by atomic mass is 10.1. The van der Waals surface area contributed by atoms with Crippen LogP contribution in [0.3, 0.4) is 0 Å². The summed E-state index contributed by atoms with van der Waals surface area (Å²) in [7, 11) is -1.66. The maximum Gasteiger partial charge on any atom is 0.112 e. The Bertz CT molecular complexity index is 975. The molecule has 4 aromatic rings. The van der Waals surface area contributed by atoms with Gasteiger partial charge in [-0.1, -0.05) is 86.3 Å². The Kier molecular flexibility index (Phi) is 11.7. The number of rotatable bonds is 13. The van der Waals surface area contributed by atoms with Crippen molar-refractivity contribution in [1.82, 2.24) is 4.98 Å². The van der Waals surface area contributed by atoms with Crippen molar-refractivity contribution < 1.29 is 17.0 Å². The quantitative estimate of drug-likeness (QED) is 0.180. The number of hydrogen-bond donors (Lipinski definition) is 0. The highest BCUT2D eigenvalue weighted by molar-refractivity contribution is 7.95. The number of aromatic nitrogens is 1. The zero-order valence-electron chi connectivity index (χ0n) is 20.6. The summed E-state index contributed by atoms with van der Waals surface area (Å²) in [6.07, 6.45) is 15.5. The van der Waals surface area contributed by atoms with Gasteiger partial charge in [0.1, 0.15) is 23.2 Å². The highest BCUT2D eigenvalue weighted by atomic mass is 79.9. The first kappa shape index (κ1) is 27.3. The number of pyridine rings is 1. The van der Waals surface area contributed by atoms with Gasteiger partial charge in [-0.05, 0) is 73.7 Å². The van der Waals surface area contributed by atoms with Crippen LogP contribution in [0, 0.1) is 0 Å². The molecule has 3 heteroatoms. The molecule has 0 saturated heterocycles. The average molecular weight is 547 g/mol. The summed E-state index contributed by atoms with van der Waals surface area (Å²) in [4.78, 5) is 4.22. The highest BCUT2D eigenvalue weighted by Gasteiger charge is 2.44. The van der Waals surface area contributed by atoms with E-state index in [4.69, 9.17) is 0 Å². The summed E-state index contributed by atoms with van der Waals surface area (Å²) >= 11 is 0. The third-order valence-electron chi connectivity index (χ3n) is 6.77. The number of aryl methyl sites for hydroxylation is 1. The van der Waals surface area contributed by atoms with E-state index in [1.54, 1.807) is 0 Å². The molecule has 0 radical (unpaired) electrons. The second-order valence-corrected chi connectivity index (χ2v) is 12.7. The Hall–Kier alpha value is -2.28. The Morgan fingerprint density at radius 1 is 0.486 bits per heavy atom. The molecule has 3 aromatic carbocycles. The molecule has 0 aliphatic rings. The van der Waals surface area contributed by atoms with Gasteiger partial charge in [0.2, 0.25) is 0 Å². The van der Waals surface area contributed by atoms with Crippen molar-refractivity contribution in [2.45, 2.75) is 51.4 Å². The van der Waals surface area contributed by atoms with Crippen LogP contribution in [0.15, 0.2) is 116 Å². The lowest BCUT2D eigenvalue weighted by molar-refractivity contribution is -0.00000682. The van der Waals surface area contributed by atoms with Crippen LogP contribution in [0.2, 0.25) is 0 Å².